The first-order valence-electron chi connectivity index (χ1n) is 19.5. The molecule has 1 spiro atoms. The van der Waals surface area contributed by atoms with Crippen LogP contribution in [-0.2, 0) is 5.41 Å². The lowest BCUT2D eigenvalue weighted by molar-refractivity contribution is 0.673. The van der Waals surface area contributed by atoms with E-state index in [4.69, 9.17) is 4.42 Å². The Bertz CT molecular complexity index is 3440. The molecule has 0 aliphatic heterocycles. The van der Waals surface area contributed by atoms with Crippen molar-refractivity contribution in [1.82, 2.24) is 0 Å². The number of rotatable bonds is 2. The Morgan fingerprint density at radius 3 is 1.70 bits per heavy atom. The van der Waals surface area contributed by atoms with Crippen molar-refractivity contribution < 1.29 is 4.42 Å². The van der Waals surface area contributed by atoms with Crippen LogP contribution in [0.15, 0.2) is 199 Å². The van der Waals surface area contributed by atoms with Crippen LogP contribution in [0, 0.1) is 0 Å². The van der Waals surface area contributed by atoms with Gasteiger partial charge in [-0.15, -0.1) is 0 Å². The van der Waals surface area contributed by atoms with E-state index in [0.29, 0.717) is 0 Å². The summed E-state index contributed by atoms with van der Waals surface area (Å²) in [6, 6.07) is 72.1. The molecular weight excluding hydrogens is 677 g/mol. The molecule has 56 heavy (non-hydrogen) atoms. The van der Waals surface area contributed by atoms with Gasteiger partial charge in [-0.05, 0) is 118 Å². The molecule has 0 bridgehead atoms. The normalized spacial score (nSPS) is 13.5. The molecule has 0 unspecified atom stereocenters. The molecule has 0 atom stereocenters. The first-order valence-corrected chi connectivity index (χ1v) is 19.5. The average molecular weight is 709 g/mol. The van der Waals surface area contributed by atoms with Gasteiger partial charge >= 0.3 is 0 Å². The zero-order valence-electron chi connectivity index (χ0n) is 30.4. The maximum absolute atomic E-state index is 6.69. The summed E-state index contributed by atoms with van der Waals surface area (Å²) in [7, 11) is 0. The van der Waals surface area contributed by atoms with Crippen molar-refractivity contribution in [1.29, 1.82) is 0 Å². The Kier molecular flexibility index (Phi) is 5.89. The van der Waals surface area contributed by atoms with Gasteiger partial charge < -0.3 is 4.42 Å². The molecule has 1 nitrogen and oxygen atoms in total. The predicted octanol–water partition coefficient (Wildman–Crippen LogP) is 14.7. The zero-order valence-corrected chi connectivity index (χ0v) is 30.4. The third-order valence-corrected chi connectivity index (χ3v) is 12.8. The molecule has 13 rings (SSSR count). The molecule has 2 aliphatic rings. The molecular formula is C55H32O. The summed E-state index contributed by atoms with van der Waals surface area (Å²) in [5.74, 6) is 0. The molecule has 0 fully saturated rings. The highest BCUT2D eigenvalue weighted by molar-refractivity contribution is 6.20. The van der Waals surface area contributed by atoms with Gasteiger partial charge in [0.1, 0.15) is 11.2 Å². The maximum atomic E-state index is 6.69. The fourth-order valence-corrected chi connectivity index (χ4v) is 10.7. The van der Waals surface area contributed by atoms with Crippen LogP contribution in [0.3, 0.4) is 0 Å². The van der Waals surface area contributed by atoms with Gasteiger partial charge in [-0.3, -0.25) is 0 Å². The van der Waals surface area contributed by atoms with Crippen molar-refractivity contribution in [2.75, 3.05) is 0 Å². The molecule has 0 saturated heterocycles. The summed E-state index contributed by atoms with van der Waals surface area (Å²) < 4.78 is 6.69. The van der Waals surface area contributed by atoms with Crippen molar-refractivity contribution in [3.05, 3.63) is 216 Å². The van der Waals surface area contributed by atoms with E-state index in [2.05, 4.69) is 194 Å². The van der Waals surface area contributed by atoms with Crippen LogP contribution in [-0.4, -0.2) is 0 Å². The molecule has 0 amide bonds. The molecule has 0 saturated carbocycles. The SMILES string of the molecule is c1ccc2c(c1)-c1ccccc1C21c2ccccc2-c2c(-c3cccc4ccccc34)cc3ccc(-c4cccc5oc6c7ccccc7ccc6c45)cc3c21. The third-order valence-electron chi connectivity index (χ3n) is 12.8. The lowest BCUT2D eigenvalue weighted by Crippen LogP contribution is -2.26. The van der Waals surface area contributed by atoms with Crippen molar-refractivity contribution >= 4 is 54.3 Å². The molecule has 2 aliphatic carbocycles. The van der Waals surface area contributed by atoms with Gasteiger partial charge in [-0.1, -0.05) is 170 Å². The summed E-state index contributed by atoms with van der Waals surface area (Å²) in [6.45, 7) is 0. The van der Waals surface area contributed by atoms with Crippen LogP contribution in [0.5, 0.6) is 0 Å². The van der Waals surface area contributed by atoms with Crippen LogP contribution in [0.25, 0.3) is 98.8 Å². The van der Waals surface area contributed by atoms with E-state index in [1.165, 1.54) is 93.7 Å². The zero-order chi connectivity index (χ0) is 36.5. The second-order valence-electron chi connectivity index (χ2n) is 15.5. The highest BCUT2D eigenvalue weighted by atomic mass is 16.3. The maximum Gasteiger partial charge on any atom is 0.143 e. The van der Waals surface area contributed by atoms with Gasteiger partial charge in [0.15, 0.2) is 0 Å². The highest BCUT2D eigenvalue weighted by Gasteiger charge is 2.53. The minimum absolute atomic E-state index is 0.496. The van der Waals surface area contributed by atoms with Crippen LogP contribution < -0.4 is 0 Å². The van der Waals surface area contributed by atoms with E-state index < -0.39 is 5.41 Å². The van der Waals surface area contributed by atoms with E-state index in [1.807, 2.05) is 0 Å². The van der Waals surface area contributed by atoms with Crippen LogP contribution >= 0.6 is 0 Å². The monoisotopic (exact) mass is 708 g/mol. The van der Waals surface area contributed by atoms with Gasteiger partial charge in [0.25, 0.3) is 0 Å². The standard InChI is InChI=1S/C55H32O/c1-3-16-37-33(13-1)15-11-22-40(37)46-32-36-28-27-35(38-21-12-26-50-51(38)44-30-29-34-14-2-4-17-39(34)54(44)56-50)31-45(36)53-52(46)43-20-7-10-25-49(43)55(53)47-23-8-5-18-41(47)42-19-6-9-24-48(42)55/h1-32H. The summed E-state index contributed by atoms with van der Waals surface area (Å²) in [5.41, 5.74) is 16.9. The molecule has 1 heterocycles. The van der Waals surface area contributed by atoms with E-state index in [1.54, 1.807) is 0 Å². The molecule has 0 N–H and O–H groups in total. The number of hydrogen-bond acceptors (Lipinski definition) is 1. The Hall–Kier alpha value is -7.22. The lowest BCUT2D eigenvalue weighted by atomic mass is 9.69. The van der Waals surface area contributed by atoms with Gasteiger partial charge in [0.2, 0.25) is 0 Å². The van der Waals surface area contributed by atoms with Crippen molar-refractivity contribution in [2.45, 2.75) is 5.41 Å². The van der Waals surface area contributed by atoms with Crippen LogP contribution in [0.4, 0.5) is 0 Å². The van der Waals surface area contributed by atoms with Gasteiger partial charge in [-0.2, -0.15) is 0 Å². The minimum atomic E-state index is -0.496. The molecule has 11 aromatic rings. The van der Waals surface area contributed by atoms with E-state index in [-0.39, 0.29) is 0 Å². The topological polar surface area (TPSA) is 13.1 Å². The number of furan rings is 1. The number of benzene rings is 10. The van der Waals surface area contributed by atoms with Gasteiger partial charge in [0.05, 0.1) is 5.41 Å². The van der Waals surface area contributed by atoms with Crippen LogP contribution in [0.1, 0.15) is 22.3 Å². The highest BCUT2D eigenvalue weighted by Crippen LogP contribution is 2.65. The largest absolute Gasteiger partial charge is 0.455 e. The molecule has 258 valence electrons. The molecule has 1 heteroatoms. The Morgan fingerprint density at radius 2 is 0.911 bits per heavy atom. The quantitative estimate of drug-likeness (QED) is 0.174. The average Bonchev–Trinajstić information content (AvgIpc) is 3.91. The van der Waals surface area contributed by atoms with Crippen molar-refractivity contribution in [2.24, 2.45) is 0 Å². The van der Waals surface area contributed by atoms with Gasteiger partial charge in [-0.25, -0.2) is 0 Å². The lowest BCUT2D eigenvalue weighted by Gasteiger charge is -2.32. The Morgan fingerprint density at radius 1 is 0.339 bits per heavy atom. The summed E-state index contributed by atoms with van der Waals surface area (Å²) in [4.78, 5) is 0. The van der Waals surface area contributed by atoms with E-state index in [9.17, 15) is 0 Å². The van der Waals surface area contributed by atoms with E-state index >= 15 is 0 Å². The predicted molar refractivity (Wildman–Crippen MR) is 233 cm³/mol. The molecule has 1 aromatic heterocycles. The van der Waals surface area contributed by atoms with Crippen molar-refractivity contribution in [3.8, 4) is 44.5 Å². The number of fused-ring (bicyclic) bond motifs is 18. The molecule has 10 aromatic carbocycles. The molecule has 0 radical (unpaired) electrons. The fraction of sp³-hybridized carbons (Fsp3) is 0.0182. The smallest absolute Gasteiger partial charge is 0.143 e. The summed E-state index contributed by atoms with van der Waals surface area (Å²) in [6.07, 6.45) is 0. The first-order chi connectivity index (χ1) is 27.8. The summed E-state index contributed by atoms with van der Waals surface area (Å²) >= 11 is 0. The first kappa shape index (κ1) is 30.1. The Balaban J connectivity index is 1.20. The fourth-order valence-electron chi connectivity index (χ4n) is 10.7. The second kappa shape index (κ2) is 10.9. The minimum Gasteiger partial charge on any atom is -0.455 e. The Labute approximate surface area is 323 Å². The third kappa shape index (κ3) is 3.75. The summed E-state index contributed by atoms with van der Waals surface area (Å²) in [5, 5.41) is 9.66. The van der Waals surface area contributed by atoms with Crippen LogP contribution in [0.2, 0.25) is 0 Å². The van der Waals surface area contributed by atoms with E-state index in [0.717, 1.165) is 27.3 Å². The van der Waals surface area contributed by atoms with Gasteiger partial charge in [0, 0.05) is 16.2 Å². The number of hydrogen-bond donors (Lipinski definition) is 0. The van der Waals surface area contributed by atoms with Crippen molar-refractivity contribution in [3.63, 3.8) is 0 Å². The second-order valence-corrected chi connectivity index (χ2v) is 15.5.